The number of rotatable bonds is 4. The van der Waals surface area contributed by atoms with Crippen LogP contribution >= 0.6 is 11.8 Å². The molecule has 0 saturated carbocycles. The zero-order chi connectivity index (χ0) is 6.24. The Balaban J connectivity index is 2.65. The molecule has 0 fully saturated rings. The van der Waals surface area contributed by atoms with E-state index in [9.17, 15) is 0 Å². The van der Waals surface area contributed by atoms with Crippen LogP contribution in [0, 0.1) is 17.6 Å². The van der Waals surface area contributed by atoms with Crippen molar-refractivity contribution in [3.8, 4) is 5.40 Å². The maximum Gasteiger partial charge on any atom is 0.133 e. The van der Waals surface area contributed by atoms with Gasteiger partial charge in [0.2, 0.25) is 0 Å². The summed E-state index contributed by atoms with van der Waals surface area (Å²) in [5, 5.41) is 10.1. The molecule has 45 valence electrons. The molecule has 0 atom stereocenters. The lowest BCUT2D eigenvalue weighted by atomic mass is 10.3. The van der Waals surface area contributed by atoms with Gasteiger partial charge in [-0.2, -0.15) is 5.26 Å². The summed E-state index contributed by atoms with van der Waals surface area (Å²) >= 11 is 1.33. The number of nitrogens with zero attached hydrogens (tertiary/aromatic N) is 1. The Morgan fingerprint density at radius 3 is 2.75 bits per heavy atom. The van der Waals surface area contributed by atoms with Gasteiger partial charge in [0.15, 0.2) is 0 Å². The summed E-state index contributed by atoms with van der Waals surface area (Å²) in [6.45, 7) is 3.69. The Hall–Kier alpha value is -0.160. The molecular formula is C6H10NS. The molecule has 0 aliphatic heterocycles. The van der Waals surface area contributed by atoms with E-state index in [1.807, 2.05) is 5.40 Å². The summed E-state index contributed by atoms with van der Waals surface area (Å²) in [5.41, 5.74) is 0. The molecule has 0 heterocycles. The number of unbranched alkanes of at least 4 members (excludes halogenated alkanes) is 2. The minimum atomic E-state index is 0.964. The summed E-state index contributed by atoms with van der Waals surface area (Å²) in [5.74, 6) is 0.964. The molecule has 1 radical (unpaired) electrons. The summed E-state index contributed by atoms with van der Waals surface area (Å²) in [6.07, 6.45) is 3.27. The Kier molecular flexibility index (Phi) is 6.70. The van der Waals surface area contributed by atoms with Crippen molar-refractivity contribution in [2.45, 2.75) is 19.3 Å². The highest BCUT2D eigenvalue weighted by Gasteiger charge is 1.83. The largest absolute Gasteiger partial charge is 0.185 e. The molecule has 8 heavy (non-hydrogen) atoms. The molecule has 0 saturated heterocycles. The van der Waals surface area contributed by atoms with E-state index in [1.54, 1.807) is 0 Å². The number of thiocyanates is 1. The van der Waals surface area contributed by atoms with Crippen LogP contribution < -0.4 is 0 Å². The molecule has 0 aliphatic rings. The van der Waals surface area contributed by atoms with Gasteiger partial charge >= 0.3 is 0 Å². The first-order valence-electron chi connectivity index (χ1n) is 2.72. The van der Waals surface area contributed by atoms with Crippen molar-refractivity contribution in [2.24, 2.45) is 0 Å². The summed E-state index contributed by atoms with van der Waals surface area (Å²) in [6, 6.07) is 0. The summed E-state index contributed by atoms with van der Waals surface area (Å²) in [4.78, 5) is 0. The van der Waals surface area contributed by atoms with Crippen molar-refractivity contribution < 1.29 is 0 Å². The molecule has 0 amide bonds. The Morgan fingerprint density at radius 2 is 2.25 bits per heavy atom. The van der Waals surface area contributed by atoms with Gasteiger partial charge in [-0.05, 0) is 18.2 Å². The molecule has 0 spiro atoms. The molecule has 0 bridgehead atoms. The second kappa shape index (κ2) is 6.84. The Morgan fingerprint density at radius 1 is 1.50 bits per heavy atom. The number of hydrogen-bond donors (Lipinski definition) is 0. The fourth-order valence-electron chi connectivity index (χ4n) is 0.397. The van der Waals surface area contributed by atoms with Crippen molar-refractivity contribution >= 4 is 11.8 Å². The fourth-order valence-corrected chi connectivity index (χ4v) is 0.836. The predicted octanol–water partition coefficient (Wildman–Crippen LogP) is 2.21. The molecule has 0 aromatic heterocycles. The zero-order valence-corrected chi connectivity index (χ0v) is 5.71. The van der Waals surface area contributed by atoms with Crippen LogP contribution in [0.3, 0.4) is 0 Å². The minimum Gasteiger partial charge on any atom is -0.185 e. The maximum absolute atomic E-state index is 8.06. The van der Waals surface area contributed by atoms with Crippen LogP contribution in [0.15, 0.2) is 0 Å². The van der Waals surface area contributed by atoms with Gasteiger partial charge in [0.1, 0.15) is 5.40 Å². The molecule has 0 unspecified atom stereocenters. The molecule has 0 aromatic carbocycles. The smallest absolute Gasteiger partial charge is 0.133 e. The molecular weight excluding hydrogens is 118 g/mol. The monoisotopic (exact) mass is 128 g/mol. The zero-order valence-electron chi connectivity index (χ0n) is 4.89. The molecule has 1 nitrogen and oxygen atoms in total. The summed E-state index contributed by atoms with van der Waals surface area (Å²) in [7, 11) is 0. The molecule has 0 aromatic rings. The van der Waals surface area contributed by atoms with Crippen molar-refractivity contribution in [1.82, 2.24) is 0 Å². The molecule has 2 heteroatoms. The van der Waals surface area contributed by atoms with Gasteiger partial charge in [0.25, 0.3) is 0 Å². The SMILES string of the molecule is [CH2]CCCCSC#N. The average Bonchev–Trinajstić information content (AvgIpc) is 1.81. The van der Waals surface area contributed by atoms with Crippen molar-refractivity contribution in [1.29, 1.82) is 5.26 Å². The predicted molar refractivity (Wildman–Crippen MR) is 37.3 cm³/mol. The van der Waals surface area contributed by atoms with Gasteiger partial charge in [0.05, 0.1) is 0 Å². The first kappa shape index (κ1) is 7.84. The highest BCUT2D eigenvalue weighted by Crippen LogP contribution is 2.02. The van der Waals surface area contributed by atoms with E-state index < -0.39 is 0 Å². The van der Waals surface area contributed by atoms with Gasteiger partial charge < -0.3 is 0 Å². The van der Waals surface area contributed by atoms with Gasteiger partial charge in [-0.25, -0.2) is 0 Å². The Bertz CT molecular complexity index is 75.1. The van der Waals surface area contributed by atoms with Gasteiger partial charge in [0, 0.05) is 5.75 Å². The third-order valence-electron chi connectivity index (χ3n) is 0.811. The van der Waals surface area contributed by atoms with Crippen LogP contribution in [0.2, 0.25) is 0 Å². The van der Waals surface area contributed by atoms with Crippen LogP contribution in [0.25, 0.3) is 0 Å². The third-order valence-corrected chi connectivity index (χ3v) is 1.43. The van der Waals surface area contributed by atoms with Crippen molar-refractivity contribution in [3.05, 3.63) is 6.92 Å². The lowest BCUT2D eigenvalue weighted by Gasteiger charge is -1.88. The number of thioether (sulfide) groups is 1. The van der Waals surface area contributed by atoms with E-state index in [1.165, 1.54) is 11.8 Å². The minimum absolute atomic E-state index is 0.964. The first-order valence-corrected chi connectivity index (χ1v) is 3.70. The average molecular weight is 128 g/mol. The molecule has 0 N–H and O–H groups in total. The first-order chi connectivity index (χ1) is 3.91. The standard InChI is InChI=1S/C6H10NS/c1-2-3-4-5-8-6-7/h1-5H2. The van der Waals surface area contributed by atoms with Crippen LogP contribution in [0.5, 0.6) is 0 Å². The number of hydrogen-bond acceptors (Lipinski definition) is 2. The highest BCUT2D eigenvalue weighted by molar-refractivity contribution is 8.03. The third kappa shape index (κ3) is 5.84. The van der Waals surface area contributed by atoms with E-state index >= 15 is 0 Å². The molecule has 0 aliphatic carbocycles. The quantitative estimate of drug-likeness (QED) is 0.428. The van der Waals surface area contributed by atoms with Crippen LogP contribution in [0.1, 0.15) is 19.3 Å². The van der Waals surface area contributed by atoms with Gasteiger partial charge in [-0.3, -0.25) is 0 Å². The maximum atomic E-state index is 8.06. The van der Waals surface area contributed by atoms with Crippen LogP contribution in [-0.4, -0.2) is 5.75 Å². The normalized spacial score (nSPS) is 8.50. The van der Waals surface area contributed by atoms with Crippen LogP contribution in [-0.2, 0) is 0 Å². The fraction of sp³-hybridized carbons (Fsp3) is 0.667. The lowest BCUT2D eigenvalue weighted by molar-refractivity contribution is 0.822. The topological polar surface area (TPSA) is 23.8 Å². The number of nitriles is 1. The van der Waals surface area contributed by atoms with E-state index in [-0.39, 0.29) is 0 Å². The second-order valence-electron chi connectivity index (χ2n) is 1.50. The van der Waals surface area contributed by atoms with Crippen molar-refractivity contribution in [3.63, 3.8) is 0 Å². The van der Waals surface area contributed by atoms with E-state index in [4.69, 9.17) is 5.26 Å². The van der Waals surface area contributed by atoms with E-state index in [0.29, 0.717) is 0 Å². The van der Waals surface area contributed by atoms with Gasteiger partial charge in [-0.1, -0.05) is 19.8 Å². The van der Waals surface area contributed by atoms with Crippen molar-refractivity contribution in [2.75, 3.05) is 5.75 Å². The summed E-state index contributed by atoms with van der Waals surface area (Å²) < 4.78 is 0. The Labute approximate surface area is 55.1 Å². The van der Waals surface area contributed by atoms with Gasteiger partial charge in [-0.15, -0.1) is 0 Å². The van der Waals surface area contributed by atoms with E-state index in [2.05, 4.69) is 6.92 Å². The van der Waals surface area contributed by atoms with Crippen LogP contribution in [0.4, 0.5) is 0 Å². The second-order valence-corrected chi connectivity index (χ2v) is 2.38. The van der Waals surface area contributed by atoms with E-state index in [0.717, 1.165) is 25.0 Å². The highest BCUT2D eigenvalue weighted by atomic mass is 32.2. The lowest BCUT2D eigenvalue weighted by Crippen LogP contribution is -1.75. The molecule has 0 rings (SSSR count).